The number of amides is 2. The predicted molar refractivity (Wildman–Crippen MR) is 120 cm³/mol. The first-order valence-electron chi connectivity index (χ1n) is 11.1. The summed E-state index contributed by atoms with van der Waals surface area (Å²) in [4.78, 5) is 21.4. The SMILES string of the molecule is Cc1nc(CN2CCN(C(=O)NCc3cccc(OC4CCCCC4)c3)CC2)cs1. The number of hydrogen-bond acceptors (Lipinski definition) is 5. The first-order chi connectivity index (χ1) is 14.7. The molecule has 0 spiro atoms. The zero-order valence-corrected chi connectivity index (χ0v) is 18.6. The zero-order valence-electron chi connectivity index (χ0n) is 17.8. The third-order valence-corrected chi connectivity index (χ3v) is 6.73. The summed E-state index contributed by atoms with van der Waals surface area (Å²) in [6.07, 6.45) is 6.48. The van der Waals surface area contributed by atoms with Gasteiger partial charge in [0.25, 0.3) is 0 Å². The predicted octanol–water partition coefficient (Wildman–Crippen LogP) is 4.19. The summed E-state index contributed by atoms with van der Waals surface area (Å²) in [5.41, 5.74) is 2.21. The number of piperazine rings is 1. The smallest absolute Gasteiger partial charge is 0.317 e. The lowest BCUT2D eigenvalue weighted by Crippen LogP contribution is -2.51. The van der Waals surface area contributed by atoms with E-state index < -0.39 is 0 Å². The Labute approximate surface area is 183 Å². The van der Waals surface area contributed by atoms with Crippen LogP contribution in [0.5, 0.6) is 5.75 Å². The Morgan fingerprint density at radius 1 is 1.20 bits per heavy atom. The van der Waals surface area contributed by atoms with Crippen LogP contribution in [0.25, 0.3) is 0 Å². The van der Waals surface area contributed by atoms with E-state index in [-0.39, 0.29) is 6.03 Å². The van der Waals surface area contributed by atoms with Gasteiger partial charge in [-0.25, -0.2) is 9.78 Å². The van der Waals surface area contributed by atoms with Gasteiger partial charge in [-0.3, -0.25) is 4.90 Å². The van der Waals surface area contributed by atoms with Crippen molar-refractivity contribution < 1.29 is 9.53 Å². The number of carbonyl (C=O) groups is 1. The normalized spacial score (nSPS) is 18.4. The summed E-state index contributed by atoms with van der Waals surface area (Å²) in [6.45, 7) is 6.70. The minimum absolute atomic E-state index is 0.0118. The quantitative estimate of drug-likeness (QED) is 0.750. The Morgan fingerprint density at radius 3 is 2.73 bits per heavy atom. The monoisotopic (exact) mass is 428 g/mol. The molecule has 162 valence electrons. The van der Waals surface area contributed by atoms with Crippen LogP contribution in [0.4, 0.5) is 4.79 Å². The van der Waals surface area contributed by atoms with Gasteiger partial charge in [0.15, 0.2) is 0 Å². The highest BCUT2D eigenvalue weighted by Crippen LogP contribution is 2.24. The maximum Gasteiger partial charge on any atom is 0.317 e. The molecule has 2 aromatic rings. The fourth-order valence-corrected chi connectivity index (χ4v) is 4.82. The van der Waals surface area contributed by atoms with E-state index in [0.717, 1.165) is 67.6 Å². The van der Waals surface area contributed by atoms with Gasteiger partial charge in [0.2, 0.25) is 0 Å². The van der Waals surface area contributed by atoms with Crippen molar-refractivity contribution in [3.63, 3.8) is 0 Å². The number of aromatic nitrogens is 1. The maximum absolute atomic E-state index is 12.6. The molecule has 2 amide bonds. The average Bonchev–Trinajstić information content (AvgIpc) is 3.18. The number of nitrogens with one attached hydrogen (secondary N) is 1. The first kappa shape index (κ1) is 21.1. The van der Waals surface area contributed by atoms with Gasteiger partial charge in [-0.15, -0.1) is 11.3 Å². The van der Waals surface area contributed by atoms with Gasteiger partial charge < -0.3 is 15.0 Å². The number of nitrogens with zero attached hydrogens (tertiary/aromatic N) is 3. The molecule has 7 heteroatoms. The minimum atomic E-state index is 0.0118. The topological polar surface area (TPSA) is 57.7 Å². The molecule has 2 heterocycles. The van der Waals surface area contributed by atoms with E-state index in [1.165, 1.54) is 19.3 Å². The lowest BCUT2D eigenvalue weighted by atomic mass is 9.98. The van der Waals surface area contributed by atoms with Gasteiger partial charge in [0, 0.05) is 44.6 Å². The highest BCUT2D eigenvalue weighted by Gasteiger charge is 2.21. The van der Waals surface area contributed by atoms with Crippen molar-refractivity contribution >= 4 is 17.4 Å². The van der Waals surface area contributed by atoms with E-state index in [1.54, 1.807) is 11.3 Å². The molecular formula is C23H32N4O2S. The summed E-state index contributed by atoms with van der Waals surface area (Å²) in [6, 6.07) is 8.14. The van der Waals surface area contributed by atoms with Gasteiger partial charge in [0.1, 0.15) is 5.75 Å². The molecule has 1 saturated carbocycles. The van der Waals surface area contributed by atoms with Gasteiger partial charge in [-0.1, -0.05) is 18.6 Å². The van der Waals surface area contributed by atoms with Gasteiger partial charge in [-0.05, 0) is 50.3 Å². The Bertz CT molecular complexity index is 826. The van der Waals surface area contributed by atoms with Crippen LogP contribution in [-0.2, 0) is 13.1 Å². The lowest BCUT2D eigenvalue weighted by molar-refractivity contribution is 0.134. The van der Waals surface area contributed by atoms with Crippen molar-refractivity contribution in [3.05, 3.63) is 45.9 Å². The second kappa shape index (κ2) is 10.3. The van der Waals surface area contributed by atoms with Crippen molar-refractivity contribution in [2.75, 3.05) is 26.2 Å². The van der Waals surface area contributed by atoms with Gasteiger partial charge in [-0.2, -0.15) is 0 Å². The standard InChI is InChI=1S/C23H32N4O2S/c1-18-25-20(17-30-18)16-26-10-12-27(13-11-26)23(28)24-15-19-6-5-9-22(14-19)29-21-7-3-2-4-8-21/h5-6,9,14,17,21H,2-4,7-8,10-13,15-16H2,1H3,(H,24,28). The number of thiazole rings is 1. The van der Waals surface area contributed by atoms with Gasteiger partial charge >= 0.3 is 6.03 Å². The van der Waals surface area contributed by atoms with Gasteiger partial charge in [0.05, 0.1) is 16.8 Å². The fourth-order valence-electron chi connectivity index (χ4n) is 4.21. The van der Waals surface area contributed by atoms with Crippen LogP contribution in [0.15, 0.2) is 29.6 Å². The third kappa shape index (κ3) is 5.95. The van der Waals surface area contributed by atoms with Crippen LogP contribution in [0, 0.1) is 6.92 Å². The first-order valence-corrected chi connectivity index (χ1v) is 12.0. The molecule has 30 heavy (non-hydrogen) atoms. The van der Waals surface area contributed by atoms with Crippen LogP contribution >= 0.6 is 11.3 Å². The summed E-state index contributed by atoms with van der Waals surface area (Å²) in [5, 5.41) is 6.30. The molecule has 6 nitrogen and oxygen atoms in total. The zero-order chi connectivity index (χ0) is 20.8. The summed E-state index contributed by atoms with van der Waals surface area (Å²) < 4.78 is 6.15. The van der Waals surface area contributed by atoms with Crippen molar-refractivity contribution in [2.24, 2.45) is 0 Å². The maximum atomic E-state index is 12.6. The summed E-state index contributed by atoms with van der Waals surface area (Å²) in [7, 11) is 0. The van der Waals surface area contributed by atoms with E-state index in [9.17, 15) is 4.79 Å². The average molecular weight is 429 g/mol. The fraction of sp³-hybridized carbons (Fsp3) is 0.565. The van der Waals surface area contributed by atoms with Crippen LogP contribution < -0.4 is 10.1 Å². The Hall–Kier alpha value is -2.12. The molecule has 2 fully saturated rings. The molecule has 1 aromatic heterocycles. The summed E-state index contributed by atoms with van der Waals surface area (Å²) >= 11 is 1.69. The van der Waals surface area contributed by atoms with Crippen LogP contribution in [0.2, 0.25) is 0 Å². The number of rotatable bonds is 6. The molecule has 4 rings (SSSR count). The molecule has 0 bridgehead atoms. The molecular weight excluding hydrogens is 396 g/mol. The van der Waals surface area contributed by atoms with E-state index in [0.29, 0.717) is 12.6 Å². The molecule has 1 saturated heterocycles. The number of carbonyl (C=O) groups excluding carboxylic acids is 1. The number of aryl methyl sites for hydroxylation is 1. The van der Waals surface area contributed by atoms with Crippen molar-refractivity contribution in [3.8, 4) is 5.75 Å². The van der Waals surface area contributed by atoms with Crippen molar-refractivity contribution in [1.82, 2.24) is 20.1 Å². The number of urea groups is 1. The molecule has 1 aromatic carbocycles. The molecule has 1 aliphatic heterocycles. The Balaban J connectivity index is 1.20. The number of hydrogen-bond donors (Lipinski definition) is 1. The molecule has 0 atom stereocenters. The Kier molecular flexibility index (Phi) is 7.23. The second-order valence-electron chi connectivity index (χ2n) is 8.31. The molecule has 0 unspecified atom stereocenters. The minimum Gasteiger partial charge on any atom is -0.490 e. The number of benzene rings is 1. The molecule has 0 radical (unpaired) electrons. The van der Waals surface area contributed by atoms with E-state index >= 15 is 0 Å². The van der Waals surface area contributed by atoms with Crippen LogP contribution in [-0.4, -0.2) is 53.1 Å². The molecule has 1 N–H and O–H groups in total. The second-order valence-corrected chi connectivity index (χ2v) is 9.37. The number of ether oxygens (including phenoxy) is 1. The lowest BCUT2D eigenvalue weighted by Gasteiger charge is -2.34. The van der Waals surface area contributed by atoms with Crippen LogP contribution in [0.3, 0.4) is 0 Å². The third-order valence-electron chi connectivity index (χ3n) is 5.91. The van der Waals surface area contributed by atoms with E-state index in [4.69, 9.17) is 4.74 Å². The molecule has 2 aliphatic rings. The highest BCUT2D eigenvalue weighted by molar-refractivity contribution is 7.09. The van der Waals surface area contributed by atoms with Crippen molar-refractivity contribution in [2.45, 2.75) is 58.2 Å². The van der Waals surface area contributed by atoms with Crippen molar-refractivity contribution in [1.29, 1.82) is 0 Å². The van der Waals surface area contributed by atoms with Crippen LogP contribution in [0.1, 0.15) is 48.4 Å². The van der Waals surface area contributed by atoms with E-state index in [2.05, 4.69) is 26.6 Å². The Morgan fingerprint density at radius 2 is 2.00 bits per heavy atom. The highest BCUT2D eigenvalue weighted by atomic mass is 32.1. The molecule has 1 aliphatic carbocycles. The summed E-state index contributed by atoms with van der Waals surface area (Å²) in [5.74, 6) is 0.916. The largest absolute Gasteiger partial charge is 0.490 e. The van der Waals surface area contributed by atoms with E-state index in [1.807, 2.05) is 30.0 Å².